The van der Waals surface area contributed by atoms with Crippen molar-refractivity contribution in [1.29, 1.82) is 0 Å². The van der Waals surface area contributed by atoms with Gasteiger partial charge in [-0.05, 0) is 23.3 Å². The molecule has 0 N–H and O–H groups in total. The van der Waals surface area contributed by atoms with Crippen LogP contribution in [0.4, 0.5) is 0 Å². The highest BCUT2D eigenvalue weighted by Gasteiger charge is 2.59. The highest BCUT2D eigenvalue weighted by molar-refractivity contribution is 6.54. The molecule has 0 aliphatic carbocycles. The molecule has 13 heteroatoms. The minimum atomic E-state index is -1.18. The van der Waals surface area contributed by atoms with Gasteiger partial charge in [-0.25, -0.2) is 0 Å². The smallest absolute Gasteiger partial charge is 0.254 e. The molecule has 192 valence electrons. The Morgan fingerprint density at radius 3 is 2.37 bits per heavy atom. The Bertz CT molecular complexity index is 1320. The van der Waals surface area contributed by atoms with Crippen molar-refractivity contribution in [3.05, 3.63) is 64.7 Å². The second kappa shape index (κ2) is 9.69. The number of piperidine rings is 1. The molecular formula is C25H29B4N3O6. The van der Waals surface area contributed by atoms with E-state index in [4.69, 9.17) is 9.47 Å². The molecule has 5 rings (SSSR count). The van der Waals surface area contributed by atoms with E-state index in [1.807, 2.05) is 46.0 Å². The molecule has 3 heterocycles. The van der Waals surface area contributed by atoms with Crippen LogP contribution >= 0.6 is 0 Å². The molecule has 0 spiro atoms. The van der Waals surface area contributed by atoms with Gasteiger partial charge in [0, 0.05) is 30.6 Å². The molecule has 38 heavy (non-hydrogen) atoms. The van der Waals surface area contributed by atoms with E-state index in [0.29, 0.717) is 37.6 Å². The van der Waals surface area contributed by atoms with E-state index in [2.05, 4.69) is 0 Å². The first-order valence-electron chi connectivity index (χ1n) is 12.8. The number of rotatable bonds is 6. The van der Waals surface area contributed by atoms with Gasteiger partial charge in [0.25, 0.3) is 5.91 Å². The predicted octanol–water partition coefficient (Wildman–Crippen LogP) is -2.40. The molecule has 9 nitrogen and oxygen atoms in total. The van der Waals surface area contributed by atoms with Gasteiger partial charge in [-0.1, -0.05) is 35.5 Å². The Balaban J connectivity index is 1.31. The fourth-order valence-corrected chi connectivity index (χ4v) is 5.52. The Hall–Kier alpha value is -3.46. The predicted molar refractivity (Wildman–Crippen MR) is 149 cm³/mol. The maximum absolute atomic E-state index is 13.6. The molecule has 3 aliphatic heterocycles. The summed E-state index contributed by atoms with van der Waals surface area (Å²) in [5.74, 6) is -0.264. The van der Waals surface area contributed by atoms with Gasteiger partial charge in [0.15, 0.2) is 0 Å². The normalized spacial score (nSPS) is 23.1. The molecule has 4 amide bonds. The fourth-order valence-electron chi connectivity index (χ4n) is 5.52. The fraction of sp³-hybridized carbons (Fsp3) is 0.360. The quantitative estimate of drug-likeness (QED) is 0.318. The molecule has 1 atom stereocenters. The third-order valence-electron chi connectivity index (χ3n) is 8.35. The number of carbonyl (C=O) groups excluding carboxylic acids is 4. The van der Waals surface area contributed by atoms with Crippen LogP contribution in [0.5, 0.6) is 5.75 Å². The number of imide groups is 1. The highest BCUT2D eigenvalue weighted by atomic mass is 16.5. The summed E-state index contributed by atoms with van der Waals surface area (Å²) < 4.78 is 11.4. The van der Waals surface area contributed by atoms with Gasteiger partial charge in [-0.3, -0.25) is 19.2 Å². The number of benzene rings is 2. The van der Waals surface area contributed by atoms with Gasteiger partial charge in [0.1, 0.15) is 42.5 Å². The van der Waals surface area contributed by atoms with Crippen molar-refractivity contribution in [3.8, 4) is 5.75 Å². The second-order valence-electron chi connectivity index (χ2n) is 11.0. The largest absolute Gasteiger partial charge is 0.489 e. The molecule has 0 saturated carbocycles. The molecule has 2 aromatic rings. The lowest BCUT2D eigenvalue weighted by Gasteiger charge is -2.54. The summed E-state index contributed by atoms with van der Waals surface area (Å²) in [5, 5.41) is -0.736. The lowest BCUT2D eigenvalue weighted by Crippen LogP contribution is -2.71. The van der Waals surface area contributed by atoms with Crippen molar-refractivity contribution in [2.24, 2.45) is 0 Å². The van der Waals surface area contributed by atoms with Crippen molar-refractivity contribution >= 4 is 55.1 Å². The van der Waals surface area contributed by atoms with E-state index in [1.165, 1.54) is 7.98 Å². The van der Waals surface area contributed by atoms with Crippen LogP contribution in [-0.2, 0) is 38.8 Å². The van der Waals surface area contributed by atoms with E-state index in [9.17, 15) is 19.2 Å². The summed E-state index contributed by atoms with van der Waals surface area (Å²) in [5.41, 5.74) is 2.06. The molecule has 1 unspecified atom stereocenters. The monoisotopic (exact) mass is 511 g/mol. The number of ether oxygens (including phenoxy) is 2. The minimum absolute atomic E-state index is 0.00407. The van der Waals surface area contributed by atoms with Crippen molar-refractivity contribution in [3.63, 3.8) is 0 Å². The van der Waals surface area contributed by atoms with Crippen LogP contribution in [-0.4, -0.2) is 95.0 Å². The molecule has 2 aromatic carbocycles. The van der Waals surface area contributed by atoms with E-state index in [1.54, 1.807) is 29.8 Å². The van der Waals surface area contributed by atoms with Gasteiger partial charge < -0.3 is 24.1 Å². The van der Waals surface area contributed by atoms with Crippen LogP contribution in [0.25, 0.3) is 0 Å². The average Bonchev–Trinajstić information content (AvgIpc) is 3.24. The number of nitrogens with zero attached hydrogens (tertiary/aromatic N) is 3. The second-order valence-corrected chi connectivity index (χ2v) is 11.0. The number of morpholine rings is 1. The lowest BCUT2D eigenvalue weighted by atomic mass is 9.36. The summed E-state index contributed by atoms with van der Waals surface area (Å²) in [4.78, 5) is 55.8. The number of carbonyl (C=O) groups is 4. The third-order valence-corrected chi connectivity index (χ3v) is 8.35. The van der Waals surface area contributed by atoms with Gasteiger partial charge in [0.05, 0.1) is 18.6 Å². The molecule has 0 aromatic heterocycles. The first-order chi connectivity index (χ1) is 18.0. The molecule has 0 bridgehead atoms. The number of fused-ring (bicyclic) bond motifs is 1. The van der Waals surface area contributed by atoms with Crippen LogP contribution in [0.3, 0.4) is 0 Å². The van der Waals surface area contributed by atoms with E-state index in [0.717, 1.165) is 21.5 Å². The first kappa shape index (κ1) is 26.2. The van der Waals surface area contributed by atoms with E-state index < -0.39 is 10.7 Å². The van der Waals surface area contributed by atoms with Crippen molar-refractivity contribution < 1.29 is 28.7 Å². The Kier molecular flexibility index (Phi) is 6.67. The zero-order valence-electron chi connectivity index (χ0n) is 22.3. The zero-order valence-corrected chi connectivity index (χ0v) is 22.3. The van der Waals surface area contributed by atoms with Crippen molar-refractivity contribution in [2.75, 3.05) is 19.8 Å². The minimum Gasteiger partial charge on any atom is -0.489 e. The Labute approximate surface area is 225 Å². The summed E-state index contributed by atoms with van der Waals surface area (Å²) in [7, 11) is 6.96. The Morgan fingerprint density at radius 2 is 1.66 bits per heavy atom. The van der Waals surface area contributed by atoms with Crippen LogP contribution in [0, 0.1) is 0 Å². The van der Waals surface area contributed by atoms with Crippen LogP contribution in [0.2, 0.25) is 5.21 Å². The molecular weight excluding hydrogens is 482 g/mol. The van der Waals surface area contributed by atoms with E-state index in [-0.39, 0.29) is 43.2 Å². The third kappa shape index (κ3) is 4.32. The summed E-state index contributed by atoms with van der Waals surface area (Å²) in [6.45, 7) is 2.35. The number of amides is 4. The van der Waals surface area contributed by atoms with Crippen molar-refractivity contribution in [2.45, 2.75) is 36.8 Å². The van der Waals surface area contributed by atoms with Crippen LogP contribution < -0.4 is 4.74 Å². The van der Waals surface area contributed by atoms with Crippen molar-refractivity contribution in [1.82, 2.24) is 14.6 Å². The maximum Gasteiger partial charge on any atom is 0.254 e. The van der Waals surface area contributed by atoms with Crippen LogP contribution in [0.15, 0.2) is 42.5 Å². The van der Waals surface area contributed by atoms with E-state index >= 15 is 0 Å². The molecule has 2 saturated heterocycles. The molecule has 3 aliphatic rings. The maximum atomic E-state index is 13.6. The summed E-state index contributed by atoms with van der Waals surface area (Å²) >= 11 is 0. The number of hydrogen-bond acceptors (Lipinski definition) is 6. The summed E-state index contributed by atoms with van der Waals surface area (Å²) in [6.07, 6.45) is 0.172. The molecule has 0 radical (unpaired) electrons. The standard InChI is InChI=1S/C25H29B4N3O6/c26-24(27)10-20(33)32(29)23(36)25(24,28)31-12-18-17(22(31)35)2-1-3-19(18)38-13-16-6-4-15(5-7-16)11-30-8-9-37-14-21(30)34/h1-7H,8-14,26-29H2. The SMILES string of the molecule is BN1C(=O)CC(B)(B)C(B)(N2Cc3c(OCc4ccc(CN5CCOCC5=O)cc4)cccc3C2=O)C1=O. The molecule has 2 fully saturated rings. The number of hydrogen-bond donors (Lipinski definition) is 0. The van der Waals surface area contributed by atoms with Gasteiger partial charge in [-0.15, -0.1) is 0 Å². The van der Waals surface area contributed by atoms with Gasteiger partial charge in [-0.2, -0.15) is 0 Å². The highest BCUT2D eigenvalue weighted by Crippen LogP contribution is 2.47. The lowest BCUT2D eigenvalue weighted by molar-refractivity contribution is -0.148. The Morgan fingerprint density at radius 1 is 0.947 bits per heavy atom. The summed E-state index contributed by atoms with van der Waals surface area (Å²) in [6, 6.07) is 13.3. The average molecular weight is 511 g/mol. The zero-order chi connectivity index (χ0) is 27.2. The van der Waals surface area contributed by atoms with Crippen LogP contribution in [0.1, 0.15) is 33.5 Å². The first-order valence-corrected chi connectivity index (χ1v) is 12.8. The van der Waals surface area contributed by atoms with Gasteiger partial charge in [0.2, 0.25) is 25.7 Å². The van der Waals surface area contributed by atoms with Gasteiger partial charge >= 0.3 is 0 Å². The topological polar surface area (TPSA) is 96.5 Å².